The molecule has 2 N–H and O–H groups in total. The number of carbonyl (C=O) groups excluding carboxylic acids is 1. The van der Waals surface area contributed by atoms with Crippen molar-refractivity contribution in [2.24, 2.45) is 17.8 Å². The molecule has 1 amide bonds. The summed E-state index contributed by atoms with van der Waals surface area (Å²) in [5, 5.41) is 14.0. The minimum Gasteiger partial charge on any atom is -0.489 e. The minimum atomic E-state index is -0.456. The maximum Gasteiger partial charge on any atom is 0.224 e. The van der Waals surface area contributed by atoms with Crippen molar-refractivity contribution in [3.8, 4) is 5.75 Å². The zero-order valence-corrected chi connectivity index (χ0v) is 16.7. The van der Waals surface area contributed by atoms with Crippen LogP contribution in [0.2, 0.25) is 0 Å². The molecule has 2 aromatic rings. The van der Waals surface area contributed by atoms with Crippen LogP contribution in [0, 0.1) is 17.8 Å². The van der Waals surface area contributed by atoms with Crippen molar-refractivity contribution in [1.82, 2.24) is 5.32 Å². The first-order chi connectivity index (χ1) is 14.1. The second-order valence-electron chi connectivity index (χ2n) is 9.39. The lowest BCUT2D eigenvalue weighted by Gasteiger charge is -2.58. The molecule has 6 rings (SSSR count). The van der Waals surface area contributed by atoms with Crippen LogP contribution in [0.4, 0.5) is 0 Å². The van der Waals surface area contributed by atoms with Crippen LogP contribution < -0.4 is 10.1 Å². The van der Waals surface area contributed by atoms with Crippen LogP contribution in [-0.2, 0) is 17.8 Å². The van der Waals surface area contributed by atoms with E-state index < -0.39 is 5.60 Å². The number of hydrogen-bond donors (Lipinski definition) is 2. The molecule has 0 aliphatic heterocycles. The number of amides is 1. The van der Waals surface area contributed by atoms with Crippen LogP contribution in [0.1, 0.15) is 43.2 Å². The summed E-state index contributed by atoms with van der Waals surface area (Å²) in [6.45, 7) is 0.520. The van der Waals surface area contributed by atoms with Gasteiger partial charge in [-0.25, -0.2) is 0 Å². The van der Waals surface area contributed by atoms with Gasteiger partial charge in [0.05, 0.1) is 12.0 Å². The lowest BCUT2D eigenvalue weighted by molar-refractivity contribution is -0.146. The molecule has 0 heterocycles. The van der Waals surface area contributed by atoms with Crippen LogP contribution in [0.25, 0.3) is 0 Å². The first-order valence-corrected chi connectivity index (χ1v) is 10.8. The van der Waals surface area contributed by atoms with Crippen molar-refractivity contribution in [1.29, 1.82) is 0 Å². The zero-order chi connectivity index (χ0) is 19.8. The third kappa shape index (κ3) is 4.04. The molecule has 4 saturated carbocycles. The molecular formula is C25H29NO3. The quantitative estimate of drug-likeness (QED) is 0.786. The Morgan fingerprint density at radius 2 is 1.72 bits per heavy atom. The number of carbonyl (C=O) groups is 1. The normalized spacial score (nSPS) is 32.2. The number of rotatable bonds is 6. The Labute approximate surface area is 172 Å². The van der Waals surface area contributed by atoms with E-state index in [1.54, 1.807) is 0 Å². The number of ether oxygens (including phenoxy) is 1. The van der Waals surface area contributed by atoms with Crippen molar-refractivity contribution in [3.63, 3.8) is 0 Å². The Hall–Kier alpha value is -2.33. The molecular weight excluding hydrogens is 362 g/mol. The third-order valence-corrected chi connectivity index (χ3v) is 7.08. The van der Waals surface area contributed by atoms with E-state index in [0.29, 0.717) is 30.8 Å². The van der Waals surface area contributed by atoms with E-state index in [2.05, 4.69) is 5.32 Å². The van der Waals surface area contributed by atoms with Gasteiger partial charge >= 0.3 is 0 Å². The molecule has 4 aliphatic carbocycles. The molecule has 2 atom stereocenters. The Balaban J connectivity index is 1.18. The molecule has 152 valence electrons. The maximum atomic E-state index is 12.8. The molecule has 4 nitrogen and oxygen atoms in total. The molecule has 0 radical (unpaired) electrons. The molecule has 4 aliphatic rings. The van der Waals surface area contributed by atoms with E-state index in [1.807, 2.05) is 54.6 Å². The Morgan fingerprint density at radius 3 is 2.45 bits per heavy atom. The van der Waals surface area contributed by atoms with Crippen molar-refractivity contribution >= 4 is 5.91 Å². The van der Waals surface area contributed by atoms with Gasteiger partial charge in [-0.05, 0) is 73.1 Å². The minimum absolute atomic E-state index is 0.0784. The van der Waals surface area contributed by atoms with Crippen LogP contribution in [0.5, 0.6) is 5.75 Å². The van der Waals surface area contributed by atoms with E-state index in [4.69, 9.17) is 4.74 Å². The monoisotopic (exact) mass is 391 g/mol. The fourth-order valence-corrected chi connectivity index (χ4v) is 6.13. The van der Waals surface area contributed by atoms with E-state index in [1.165, 1.54) is 0 Å². The largest absolute Gasteiger partial charge is 0.489 e. The average Bonchev–Trinajstić information content (AvgIpc) is 2.69. The van der Waals surface area contributed by atoms with E-state index >= 15 is 0 Å². The van der Waals surface area contributed by atoms with Gasteiger partial charge in [-0.2, -0.15) is 0 Å². The van der Waals surface area contributed by atoms with Crippen LogP contribution >= 0.6 is 0 Å². The molecule has 29 heavy (non-hydrogen) atoms. The number of aliphatic hydroxyl groups is 1. The second-order valence-corrected chi connectivity index (χ2v) is 9.39. The number of nitrogens with one attached hydrogen (secondary N) is 1. The van der Waals surface area contributed by atoms with E-state index in [9.17, 15) is 9.90 Å². The zero-order valence-electron chi connectivity index (χ0n) is 16.7. The van der Waals surface area contributed by atoms with Crippen molar-refractivity contribution < 1.29 is 14.6 Å². The molecule has 0 spiro atoms. The van der Waals surface area contributed by atoms with Crippen LogP contribution in [0.15, 0.2) is 54.6 Å². The fraction of sp³-hybridized carbons (Fsp3) is 0.480. The summed E-state index contributed by atoms with van der Waals surface area (Å²) in [7, 11) is 0. The standard InChI is InChI=1S/C25H29NO3/c27-23(26-24-20-9-19-10-21(24)15-25(28,13-19)14-20)12-18-7-4-8-22(11-18)29-16-17-5-2-1-3-6-17/h1-8,11,19-21,24,28H,9-10,12-16H2,(H,26,27)/t19?,20-,21-,24?,25?/m1/s1. The lowest BCUT2D eigenvalue weighted by Crippen LogP contribution is -2.61. The molecule has 2 aromatic carbocycles. The van der Waals surface area contributed by atoms with Gasteiger partial charge in [-0.3, -0.25) is 4.79 Å². The molecule has 4 heteroatoms. The number of hydrogen-bond acceptors (Lipinski definition) is 3. The molecule has 0 unspecified atom stereocenters. The van der Waals surface area contributed by atoms with Crippen molar-refractivity contribution in [3.05, 3.63) is 65.7 Å². The Morgan fingerprint density at radius 1 is 1.00 bits per heavy atom. The van der Waals surface area contributed by atoms with E-state index in [-0.39, 0.29) is 11.9 Å². The van der Waals surface area contributed by atoms with Gasteiger partial charge in [0.2, 0.25) is 5.91 Å². The smallest absolute Gasteiger partial charge is 0.224 e. The molecule has 0 aromatic heterocycles. The summed E-state index contributed by atoms with van der Waals surface area (Å²) in [6, 6.07) is 18.1. The highest BCUT2D eigenvalue weighted by atomic mass is 16.5. The first-order valence-electron chi connectivity index (χ1n) is 10.8. The van der Waals surface area contributed by atoms with E-state index in [0.717, 1.165) is 49.0 Å². The highest BCUT2D eigenvalue weighted by molar-refractivity contribution is 5.79. The fourth-order valence-electron chi connectivity index (χ4n) is 6.13. The highest BCUT2D eigenvalue weighted by Gasteiger charge is 2.54. The molecule has 4 bridgehead atoms. The first kappa shape index (κ1) is 18.7. The number of benzene rings is 2. The van der Waals surface area contributed by atoms with Gasteiger partial charge in [-0.1, -0.05) is 42.5 Å². The van der Waals surface area contributed by atoms with Gasteiger partial charge < -0.3 is 15.2 Å². The van der Waals surface area contributed by atoms with Gasteiger partial charge in [0.1, 0.15) is 12.4 Å². The summed E-state index contributed by atoms with van der Waals surface area (Å²) >= 11 is 0. The molecule has 4 fully saturated rings. The maximum absolute atomic E-state index is 12.8. The van der Waals surface area contributed by atoms with Gasteiger partial charge in [0.15, 0.2) is 0 Å². The van der Waals surface area contributed by atoms with Crippen LogP contribution in [0.3, 0.4) is 0 Å². The molecule has 0 saturated heterocycles. The Kier molecular flexibility index (Phi) is 4.83. The van der Waals surface area contributed by atoms with Crippen molar-refractivity contribution in [2.75, 3.05) is 0 Å². The summed E-state index contributed by atoms with van der Waals surface area (Å²) in [5.41, 5.74) is 1.64. The average molecular weight is 392 g/mol. The topological polar surface area (TPSA) is 58.6 Å². The highest BCUT2D eigenvalue weighted by Crippen LogP contribution is 2.55. The summed E-state index contributed by atoms with van der Waals surface area (Å²) < 4.78 is 5.89. The Bertz CT molecular complexity index is 865. The predicted octanol–water partition coefficient (Wildman–Crippen LogP) is 3.86. The lowest BCUT2D eigenvalue weighted by atomic mass is 9.52. The summed E-state index contributed by atoms with van der Waals surface area (Å²) in [6.07, 6.45) is 5.36. The van der Waals surface area contributed by atoms with Crippen LogP contribution in [-0.4, -0.2) is 22.7 Å². The SMILES string of the molecule is O=C(Cc1cccc(OCc2ccccc2)c1)NC1[C@@H]2CC3C[C@@H]1CC(O)(C3)C2. The van der Waals surface area contributed by atoms with Gasteiger partial charge in [0, 0.05) is 6.04 Å². The second kappa shape index (κ2) is 7.49. The summed E-state index contributed by atoms with van der Waals surface area (Å²) in [5.74, 6) is 2.40. The summed E-state index contributed by atoms with van der Waals surface area (Å²) in [4.78, 5) is 12.8. The van der Waals surface area contributed by atoms with Gasteiger partial charge in [0.25, 0.3) is 0 Å². The van der Waals surface area contributed by atoms with Gasteiger partial charge in [-0.15, -0.1) is 0 Å². The predicted molar refractivity (Wildman–Crippen MR) is 111 cm³/mol. The third-order valence-electron chi connectivity index (χ3n) is 7.08. The van der Waals surface area contributed by atoms with Crippen molar-refractivity contribution in [2.45, 2.75) is 56.8 Å².